The number of nitrogens with one attached hydrogen (secondary N) is 1. The van der Waals surface area contributed by atoms with E-state index in [1.54, 1.807) is 6.92 Å². The van der Waals surface area contributed by atoms with Crippen molar-refractivity contribution in [2.75, 3.05) is 12.4 Å². The number of aromatic nitrogens is 2. The first kappa shape index (κ1) is 18.0. The number of amides is 1. The fourth-order valence-electron chi connectivity index (χ4n) is 2.56. The number of methoxy groups -OCH3 is 1. The Kier molecular flexibility index (Phi) is 4.71. The van der Waals surface area contributed by atoms with Crippen molar-refractivity contribution in [1.29, 1.82) is 0 Å². The molecule has 0 aliphatic carbocycles. The summed E-state index contributed by atoms with van der Waals surface area (Å²) in [5, 5.41) is 14.4. The lowest BCUT2D eigenvalue weighted by Gasteiger charge is -2.08. The molecule has 0 unspecified atom stereocenters. The molecule has 0 fully saturated rings. The molecule has 8 nitrogen and oxygen atoms in total. The fraction of sp³-hybridized carbons (Fsp3) is 0.125. The lowest BCUT2D eigenvalue weighted by atomic mass is 10.2. The Morgan fingerprint density at radius 1 is 1.35 bits per heavy atom. The van der Waals surface area contributed by atoms with Crippen LogP contribution in [0.25, 0.3) is 5.65 Å². The molecular weight excluding hydrogens is 383 g/mol. The van der Waals surface area contributed by atoms with E-state index in [-0.39, 0.29) is 22.8 Å². The van der Waals surface area contributed by atoms with Gasteiger partial charge in [0.05, 0.1) is 27.8 Å². The third-order valence-corrected chi connectivity index (χ3v) is 4.15. The van der Waals surface area contributed by atoms with Crippen LogP contribution in [-0.4, -0.2) is 27.3 Å². The second kappa shape index (κ2) is 6.81. The van der Waals surface area contributed by atoms with Crippen molar-refractivity contribution in [3.8, 4) is 5.75 Å². The van der Waals surface area contributed by atoms with Crippen LogP contribution in [0, 0.1) is 17.0 Å². The molecule has 1 aromatic carbocycles. The Morgan fingerprint density at radius 2 is 2.08 bits per heavy atom. The number of nitro groups is 1. The summed E-state index contributed by atoms with van der Waals surface area (Å²) in [5.41, 5.74) is 1.04. The summed E-state index contributed by atoms with van der Waals surface area (Å²) in [6, 6.07) is 5.65. The number of ether oxygens (including phenoxy) is 1. The van der Waals surface area contributed by atoms with Crippen molar-refractivity contribution in [3.63, 3.8) is 0 Å². The highest BCUT2D eigenvalue weighted by atomic mass is 35.5. The smallest absolute Gasteiger partial charge is 0.312 e. The van der Waals surface area contributed by atoms with E-state index in [0.29, 0.717) is 21.4 Å². The Labute approximate surface area is 157 Å². The van der Waals surface area contributed by atoms with Crippen LogP contribution in [0.15, 0.2) is 30.5 Å². The van der Waals surface area contributed by atoms with E-state index in [9.17, 15) is 14.9 Å². The normalized spacial score (nSPS) is 10.8. The fourth-order valence-corrected chi connectivity index (χ4v) is 3.07. The molecule has 10 heteroatoms. The number of carbonyl (C=O) groups is 1. The predicted molar refractivity (Wildman–Crippen MR) is 97.6 cm³/mol. The van der Waals surface area contributed by atoms with Crippen molar-refractivity contribution in [2.24, 2.45) is 0 Å². The van der Waals surface area contributed by atoms with Crippen molar-refractivity contribution >= 4 is 46.1 Å². The minimum atomic E-state index is -0.590. The van der Waals surface area contributed by atoms with Crippen molar-refractivity contribution < 1.29 is 14.5 Å². The number of hydrogen-bond acceptors (Lipinski definition) is 5. The Morgan fingerprint density at radius 3 is 2.73 bits per heavy atom. The van der Waals surface area contributed by atoms with E-state index >= 15 is 0 Å². The monoisotopic (exact) mass is 394 g/mol. The highest BCUT2D eigenvalue weighted by Crippen LogP contribution is 2.30. The summed E-state index contributed by atoms with van der Waals surface area (Å²) < 4.78 is 6.42. The quantitative estimate of drug-likeness (QED) is 0.529. The molecule has 26 heavy (non-hydrogen) atoms. The van der Waals surface area contributed by atoms with Gasteiger partial charge in [-0.1, -0.05) is 23.2 Å². The molecule has 0 spiro atoms. The first-order chi connectivity index (χ1) is 12.3. The number of carbonyl (C=O) groups excluding carboxylic acids is 1. The average Bonchev–Trinajstić information content (AvgIpc) is 2.91. The number of anilines is 1. The number of imidazole rings is 1. The molecule has 1 N–H and O–H groups in total. The molecule has 1 amide bonds. The Balaban J connectivity index is 2.01. The van der Waals surface area contributed by atoms with Gasteiger partial charge in [0, 0.05) is 18.0 Å². The van der Waals surface area contributed by atoms with E-state index in [1.807, 2.05) is 0 Å². The number of fused-ring (bicyclic) bond motifs is 1. The van der Waals surface area contributed by atoms with Crippen LogP contribution in [0.2, 0.25) is 10.0 Å². The van der Waals surface area contributed by atoms with Crippen LogP contribution in [0.3, 0.4) is 0 Å². The van der Waals surface area contributed by atoms with Gasteiger partial charge in [-0.15, -0.1) is 0 Å². The van der Waals surface area contributed by atoms with E-state index in [4.69, 9.17) is 27.9 Å². The zero-order chi connectivity index (χ0) is 19.0. The van der Waals surface area contributed by atoms with Gasteiger partial charge in [-0.25, -0.2) is 4.98 Å². The zero-order valence-corrected chi connectivity index (χ0v) is 15.1. The molecule has 0 atom stereocenters. The second-order valence-electron chi connectivity index (χ2n) is 5.34. The average molecular weight is 395 g/mol. The number of nitro benzene ring substituents is 1. The van der Waals surface area contributed by atoms with E-state index < -0.39 is 10.8 Å². The van der Waals surface area contributed by atoms with Gasteiger partial charge >= 0.3 is 5.69 Å². The third-order valence-electron chi connectivity index (χ3n) is 3.66. The van der Waals surface area contributed by atoms with Crippen molar-refractivity contribution in [3.05, 3.63) is 62.0 Å². The van der Waals surface area contributed by atoms with E-state index in [2.05, 4.69) is 10.3 Å². The summed E-state index contributed by atoms with van der Waals surface area (Å²) >= 11 is 12.1. The maximum atomic E-state index is 12.7. The van der Waals surface area contributed by atoms with E-state index in [1.165, 1.54) is 42.0 Å². The molecular formula is C16H12Cl2N4O4. The standard InChI is InChI=1S/C16H12Cl2N4O4/c1-8-14(21-7-9(17)5-11(18)15(21)19-8)16(23)20-10-3-4-13(26-2)12(6-10)22(24)25/h3-7H,1-2H3,(H,20,23). The molecule has 134 valence electrons. The molecule has 0 saturated carbocycles. The molecule has 0 saturated heterocycles. The summed E-state index contributed by atoms with van der Waals surface area (Å²) in [6.45, 7) is 1.66. The van der Waals surface area contributed by atoms with Crippen LogP contribution in [-0.2, 0) is 0 Å². The van der Waals surface area contributed by atoms with Crippen LogP contribution < -0.4 is 10.1 Å². The first-order valence-corrected chi connectivity index (χ1v) is 8.05. The number of hydrogen-bond donors (Lipinski definition) is 1. The minimum Gasteiger partial charge on any atom is -0.490 e. The van der Waals surface area contributed by atoms with Crippen LogP contribution >= 0.6 is 23.2 Å². The maximum Gasteiger partial charge on any atom is 0.312 e. The van der Waals surface area contributed by atoms with Gasteiger partial charge in [0.1, 0.15) is 5.69 Å². The van der Waals surface area contributed by atoms with Crippen molar-refractivity contribution in [1.82, 2.24) is 9.38 Å². The molecule has 0 aliphatic rings. The van der Waals surface area contributed by atoms with Crippen LogP contribution in [0.1, 0.15) is 16.2 Å². The lowest BCUT2D eigenvalue weighted by Crippen LogP contribution is -2.15. The highest BCUT2D eigenvalue weighted by molar-refractivity contribution is 6.36. The SMILES string of the molecule is COc1ccc(NC(=O)c2c(C)nc3c(Cl)cc(Cl)cn23)cc1[N+](=O)[O-]. The summed E-state index contributed by atoms with van der Waals surface area (Å²) in [5.74, 6) is -0.412. The lowest BCUT2D eigenvalue weighted by molar-refractivity contribution is -0.385. The number of halogens is 2. The number of benzene rings is 1. The molecule has 0 radical (unpaired) electrons. The highest BCUT2D eigenvalue weighted by Gasteiger charge is 2.21. The van der Waals surface area contributed by atoms with Gasteiger partial charge in [-0.2, -0.15) is 0 Å². The minimum absolute atomic E-state index is 0.0949. The van der Waals surface area contributed by atoms with Crippen LogP contribution in [0.4, 0.5) is 11.4 Å². The molecule has 2 heterocycles. The first-order valence-electron chi connectivity index (χ1n) is 7.29. The van der Waals surface area contributed by atoms with Gasteiger partial charge in [0.15, 0.2) is 11.4 Å². The molecule has 2 aromatic heterocycles. The second-order valence-corrected chi connectivity index (χ2v) is 6.19. The molecule has 0 bridgehead atoms. The number of rotatable bonds is 4. The predicted octanol–water partition coefficient (Wildman–Crippen LogP) is 4.12. The summed E-state index contributed by atoms with van der Waals surface area (Å²) in [4.78, 5) is 27.5. The van der Waals surface area contributed by atoms with Gasteiger partial charge in [-0.05, 0) is 25.1 Å². The molecule has 0 aliphatic heterocycles. The van der Waals surface area contributed by atoms with Gasteiger partial charge < -0.3 is 10.1 Å². The summed E-state index contributed by atoms with van der Waals surface area (Å²) in [7, 11) is 1.33. The summed E-state index contributed by atoms with van der Waals surface area (Å²) in [6.07, 6.45) is 1.52. The molecule has 3 aromatic rings. The largest absolute Gasteiger partial charge is 0.490 e. The Hall–Kier alpha value is -2.84. The van der Waals surface area contributed by atoms with Gasteiger partial charge in [0.2, 0.25) is 0 Å². The topological polar surface area (TPSA) is 98.8 Å². The van der Waals surface area contributed by atoms with Gasteiger partial charge in [0.25, 0.3) is 5.91 Å². The maximum absolute atomic E-state index is 12.7. The molecule has 3 rings (SSSR count). The Bertz CT molecular complexity index is 1050. The van der Waals surface area contributed by atoms with E-state index in [0.717, 1.165) is 0 Å². The number of pyridine rings is 1. The van der Waals surface area contributed by atoms with Crippen molar-refractivity contribution in [2.45, 2.75) is 6.92 Å². The number of nitrogens with zero attached hydrogens (tertiary/aromatic N) is 3. The number of aryl methyl sites for hydroxylation is 1. The third kappa shape index (κ3) is 3.16. The van der Waals surface area contributed by atoms with Gasteiger partial charge in [-0.3, -0.25) is 19.3 Å². The van der Waals surface area contributed by atoms with Crippen LogP contribution in [0.5, 0.6) is 5.75 Å². The zero-order valence-electron chi connectivity index (χ0n) is 13.6.